The van der Waals surface area contributed by atoms with Crippen molar-refractivity contribution in [3.05, 3.63) is 71.5 Å². The van der Waals surface area contributed by atoms with Gasteiger partial charge in [-0.05, 0) is 36.1 Å². The van der Waals surface area contributed by atoms with Crippen molar-refractivity contribution in [2.75, 3.05) is 6.61 Å². The van der Waals surface area contributed by atoms with E-state index in [4.69, 9.17) is 5.11 Å². The van der Waals surface area contributed by atoms with Gasteiger partial charge in [0, 0.05) is 19.2 Å². The van der Waals surface area contributed by atoms with E-state index in [0.717, 1.165) is 18.4 Å². The SMILES string of the molecule is OCCCC(NCc1ccc(F)cc1)c1ccccc1. The first-order chi connectivity index (χ1) is 9.79. The van der Waals surface area contributed by atoms with Gasteiger partial charge in [0.1, 0.15) is 5.82 Å². The standard InChI is InChI=1S/C17H20FNO/c18-16-10-8-14(9-11-16)13-19-17(7-4-12-20)15-5-2-1-3-6-15/h1-3,5-6,8-11,17,19-20H,4,7,12-13H2. The summed E-state index contributed by atoms with van der Waals surface area (Å²) in [4.78, 5) is 0. The van der Waals surface area contributed by atoms with Gasteiger partial charge in [-0.25, -0.2) is 4.39 Å². The van der Waals surface area contributed by atoms with Crippen LogP contribution in [-0.2, 0) is 6.54 Å². The zero-order valence-corrected chi connectivity index (χ0v) is 11.4. The van der Waals surface area contributed by atoms with Crippen LogP contribution in [0.4, 0.5) is 4.39 Å². The molecule has 106 valence electrons. The van der Waals surface area contributed by atoms with E-state index in [-0.39, 0.29) is 18.5 Å². The number of aliphatic hydroxyl groups excluding tert-OH is 1. The van der Waals surface area contributed by atoms with Crippen LogP contribution in [0.5, 0.6) is 0 Å². The Labute approximate surface area is 119 Å². The van der Waals surface area contributed by atoms with Crippen molar-refractivity contribution in [2.24, 2.45) is 0 Å². The Morgan fingerprint density at radius 2 is 1.70 bits per heavy atom. The smallest absolute Gasteiger partial charge is 0.123 e. The third-order valence-corrected chi connectivity index (χ3v) is 3.32. The summed E-state index contributed by atoms with van der Waals surface area (Å²) in [6.07, 6.45) is 1.64. The van der Waals surface area contributed by atoms with Crippen LogP contribution >= 0.6 is 0 Å². The summed E-state index contributed by atoms with van der Waals surface area (Å²) in [5.74, 6) is -0.214. The molecule has 1 unspecified atom stereocenters. The maximum absolute atomic E-state index is 12.9. The van der Waals surface area contributed by atoms with Gasteiger partial charge in [0.2, 0.25) is 0 Å². The molecule has 0 radical (unpaired) electrons. The Hall–Kier alpha value is -1.71. The molecule has 0 saturated carbocycles. The highest BCUT2D eigenvalue weighted by Crippen LogP contribution is 2.18. The normalized spacial score (nSPS) is 12.3. The van der Waals surface area contributed by atoms with Crippen molar-refractivity contribution in [1.29, 1.82) is 0 Å². The van der Waals surface area contributed by atoms with Gasteiger partial charge in [-0.15, -0.1) is 0 Å². The summed E-state index contributed by atoms with van der Waals surface area (Å²) < 4.78 is 12.9. The maximum Gasteiger partial charge on any atom is 0.123 e. The van der Waals surface area contributed by atoms with Crippen molar-refractivity contribution in [3.8, 4) is 0 Å². The molecule has 0 spiro atoms. The number of nitrogens with one attached hydrogen (secondary N) is 1. The van der Waals surface area contributed by atoms with Crippen molar-refractivity contribution in [3.63, 3.8) is 0 Å². The number of aliphatic hydroxyl groups is 1. The summed E-state index contributed by atoms with van der Waals surface area (Å²) in [7, 11) is 0. The van der Waals surface area contributed by atoms with E-state index in [1.165, 1.54) is 17.7 Å². The molecule has 2 aromatic rings. The quantitative estimate of drug-likeness (QED) is 0.810. The summed E-state index contributed by atoms with van der Waals surface area (Å²) in [6, 6.07) is 16.9. The van der Waals surface area contributed by atoms with Crippen LogP contribution in [0.2, 0.25) is 0 Å². The third-order valence-electron chi connectivity index (χ3n) is 3.32. The molecule has 2 nitrogen and oxygen atoms in total. The minimum Gasteiger partial charge on any atom is -0.396 e. The number of hydrogen-bond acceptors (Lipinski definition) is 2. The van der Waals surface area contributed by atoms with Crippen LogP contribution in [0.25, 0.3) is 0 Å². The van der Waals surface area contributed by atoms with Gasteiger partial charge >= 0.3 is 0 Å². The Kier molecular flexibility index (Phi) is 5.71. The molecule has 2 aromatic carbocycles. The van der Waals surface area contributed by atoms with Crippen molar-refractivity contribution < 1.29 is 9.50 Å². The zero-order valence-electron chi connectivity index (χ0n) is 11.4. The largest absolute Gasteiger partial charge is 0.396 e. The van der Waals surface area contributed by atoms with Crippen LogP contribution in [0.1, 0.15) is 30.0 Å². The lowest BCUT2D eigenvalue weighted by Gasteiger charge is -2.19. The van der Waals surface area contributed by atoms with Crippen LogP contribution in [0.15, 0.2) is 54.6 Å². The van der Waals surface area contributed by atoms with Gasteiger partial charge in [0.15, 0.2) is 0 Å². The van der Waals surface area contributed by atoms with Crippen LogP contribution in [0, 0.1) is 5.82 Å². The lowest BCUT2D eigenvalue weighted by Crippen LogP contribution is -2.21. The predicted octanol–water partition coefficient (Wildman–Crippen LogP) is 3.43. The Balaban J connectivity index is 1.99. The topological polar surface area (TPSA) is 32.3 Å². The summed E-state index contributed by atoms with van der Waals surface area (Å²) >= 11 is 0. The average molecular weight is 273 g/mol. The minimum absolute atomic E-state index is 0.196. The molecule has 1 atom stereocenters. The first-order valence-corrected chi connectivity index (χ1v) is 6.93. The lowest BCUT2D eigenvalue weighted by molar-refractivity contribution is 0.275. The number of hydrogen-bond donors (Lipinski definition) is 2. The second kappa shape index (κ2) is 7.78. The first kappa shape index (κ1) is 14.7. The van der Waals surface area contributed by atoms with Crippen LogP contribution in [0.3, 0.4) is 0 Å². The van der Waals surface area contributed by atoms with E-state index in [1.54, 1.807) is 12.1 Å². The molecule has 0 fully saturated rings. The molecule has 0 heterocycles. The molecule has 20 heavy (non-hydrogen) atoms. The summed E-state index contributed by atoms with van der Waals surface area (Å²) in [5, 5.41) is 12.5. The predicted molar refractivity (Wildman–Crippen MR) is 78.7 cm³/mol. The molecule has 2 rings (SSSR count). The van der Waals surface area contributed by atoms with E-state index in [1.807, 2.05) is 18.2 Å². The van der Waals surface area contributed by atoms with Gasteiger partial charge in [0.05, 0.1) is 0 Å². The third kappa shape index (κ3) is 4.44. The van der Waals surface area contributed by atoms with E-state index < -0.39 is 0 Å². The Morgan fingerprint density at radius 1 is 1.00 bits per heavy atom. The Morgan fingerprint density at radius 3 is 2.35 bits per heavy atom. The fraction of sp³-hybridized carbons (Fsp3) is 0.294. The van der Waals surface area contributed by atoms with Crippen molar-refractivity contribution >= 4 is 0 Å². The summed E-state index contributed by atoms with van der Waals surface area (Å²) in [5.41, 5.74) is 2.26. The highest BCUT2D eigenvalue weighted by Gasteiger charge is 2.10. The van der Waals surface area contributed by atoms with E-state index in [0.29, 0.717) is 6.54 Å². The van der Waals surface area contributed by atoms with Gasteiger partial charge in [0.25, 0.3) is 0 Å². The molecular weight excluding hydrogens is 253 g/mol. The molecule has 0 saturated heterocycles. The van der Waals surface area contributed by atoms with Crippen molar-refractivity contribution in [2.45, 2.75) is 25.4 Å². The van der Waals surface area contributed by atoms with Crippen LogP contribution < -0.4 is 5.32 Å². The van der Waals surface area contributed by atoms with Gasteiger partial charge < -0.3 is 10.4 Å². The van der Waals surface area contributed by atoms with Gasteiger partial charge in [-0.1, -0.05) is 42.5 Å². The monoisotopic (exact) mass is 273 g/mol. The molecule has 0 aliphatic carbocycles. The van der Waals surface area contributed by atoms with Gasteiger partial charge in [-0.2, -0.15) is 0 Å². The molecule has 0 aromatic heterocycles. The second-order valence-corrected chi connectivity index (χ2v) is 4.84. The highest BCUT2D eigenvalue weighted by atomic mass is 19.1. The van der Waals surface area contributed by atoms with E-state index in [2.05, 4.69) is 17.4 Å². The molecular formula is C17H20FNO. The lowest BCUT2D eigenvalue weighted by atomic mass is 10.0. The molecule has 0 aliphatic rings. The minimum atomic E-state index is -0.214. The molecule has 0 aliphatic heterocycles. The molecule has 3 heteroatoms. The van der Waals surface area contributed by atoms with E-state index >= 15 is 0 Å². The zero-order chi connectivity index (χ0) is 14.2. The van der Waals surface area contributed by atoms with Crippen molar-refractivity contribution in [1.82, 2.24) is 5.32 Å². The fourth-order valence-electron chi connectivity index (χ4n) is 2.21. The van der Waals surface area contributed by atoms with Crippen LogP contribution in [-0.4, -0.2) is 11.7 Å². The average Bonchev–Trinajstić information content (AvgIpc) is 2.50. The van der Waals surface area contributed by atoms with E-state index in [9.17, 15) is 4.39 Å². The first-order valence-electron chi connectivity index (χ1n) is 6.93. The highest BCUT2D eigenvalue weighted by molar-refractivity contribution is 5.20. The number of benzene rings is 2. The fourth-order valence-corrected chi connectivity index (χ4v) is 2.21. The molecule has 0 bridgehead atoms. The number of halogens is 1. The second-order valence-electron chi connectivity index (χ2n) is 4.84. The maximum atomic E-state index is 12.9. The molecule has 2 N–H and O–H groups in total. The summed E-state index contributed by atoms with van der Waals surface area (Å²) in [6.45, 7) is 0.882. The molecule has 0 amide bonds. The van der Waals surface area contributed by atoms with Gasteiger partial charge in [-0.3, -0.25) is 0 Å². The Bertz CT molecular complexity index is 498. The number of rotatable bonds is 7.